The number of hydrogen-bond donors (Lipinski definition) is 1. The van der Waals surface area contributed by atoms with Crippen molar-refractivity contribution < 1.29 is 9.53 Å². The molecule has 0 aliphatic heterocycles. The van der Waals surface area contributed by atoms with Crippen LogP contribution in [0.4, 0.5) is 5.69 Å². The minimum Gasteiger partial charge on any atom is -0.488 e. The lowest BCUT2D eigenvalue weighted by atomic mass is 10.0. The number of anilines is 1. The zero-order chi connectivity index (χ0) is 24.9. The number of benzene rings is 4. The summed E-state index contributed by atoms with van der Waals surface area (Å²) < 4.78 is 6.22. The lowest BCUT2D eigenvalue weighted by Gasteiger charge is -2.14. The Morgan fingerprint density at radius 2 is 1.71 bits per heavy atom. The molecule has 4 aromatic rings. The van der Waals surface area contributed by atoms with Gasteiger partial charge in [0.2, 0.25) is 0 Å². The Kier molecular flexibility index (Phi) is 6.98. The second-order valence-electron chi connectivity index (χ2n) is 8.78. The molecule has 4 aromatic carbocycles. The van der Waals surface area contributed by atoms with Gasteiger partial charge in [-0.25, -0.2) is 0 Å². The maximum Gasteiger partial charge on any atom is 0.266 e. The standard InChI is InChI=1S/C31H28N2O2/c1-20-12-13-24(16-22(20)3)19-35-30-15-14-25-9-5-6-10-27(25)28(30)17-26(18-32)31(34)33-29-11-7-8-21(2)23(29)4/h5-17H,19H2,1-4H3,(H,33,34)/b26-17+. The molecule has 174 valence electrons. The molecule has 0 unspecified atom stereocenters. The van der Waals surface area contributed by atoms with Crippen LogP contribution in [-0.4, -0.2) is 5.91 Å². The van der Waals surface area contributed by atoms with Crippen molar-refractivity contribution >= 4 is 28.4 Å². The second kappa shape index (κ2) is 10.3. The van der Waals surface area contributed by atoms with Gasteiger partial charge in [0.1, 0.15) is 24.0 Å². The zero-order valence-electron chi connectivity index (χ0n) is 20.5. The van der Waals surface area contributed by atoms with E-state index in [4.69, 9.17) is 4.74 Å². The van der Waals surface area contributed by atoms with Crippen molar-refractivity contribution in [2.24, 2.45) is 0 Å². The van der Waals surface area contributed by atoms with Gasteiger partial charge in [0.25, 0.3) is 5.91 Å². The maximum absolute atomic E-state index is 13.1. The average molecular weight is 461 g/mol. The van der Waals surface area contributed by atoms with E-state index in [0.717, 1.165) is 27.5 Å². The van der Waals surface area contributed by atoms with Crippen molar-refractivity contribution in [3.8, 4) is 11.8 Å². The van der Waals surface area contributed by atoms with Crippen LogP contribution in [0.25, 0.3) is 16.8 Å². The molecule has 4 nitrogen and oxygen atoms in total. The van der Waals surface area contributed by atoms with E-state index in [0.29, 0.717) is 23.6 Å². The molecule has 0 bridgehead atoms. The lowest BCUT2D eigenvalue weighted by Crippen LogP contribution is -2.14. The molecule has 0 aromatic heterocycles. The molecule has 4 rings (SSSR count). The molecule has 0 atom stereocenters. The fraction of sp³-hybridized carbons (Fsp3) is 0.161. The quantitative estimate of drug-likeness (QED) is 0.244. The van der Waals surface area contributed by atoms with Gasteiger partial charge >= 0.3 is 0 Å². The normalized spacial score (nSPS) is 11.2. The van der Waals surface area contributed by atoms with Crippen LogP contribution in [0.15, 0.2) is 78.4 Å². The van der Waals surface area contributed by atoms with Crippen LogP contribution in [0, 0.1) is 39.0 Å². The van der Waals surface area contributed by atoms with Crippen LogP contribution in [0.3, 0.4) is 0 Å². The van der Waals surface area contributed by atoms with Gasteiger partial charge in [0.05, 0.1) is 0 Å². The minimum atomic E-state index is -0.450. The first-order valence-corrected chi connectivity index (χ1v) is 11.6. The lowest BCUT2D eigenvalue weighted by molar-refractivity contribution is -0.112. The summed E-state index contributed by atoms with van der Waals surface area (Å²) in [7, 11) is 0. The molecular weight excluding hydrogens is 432 g/mol. The third kappa shape index (κ3) is 5.26. The highest BCUT2D eigenvalue weighted by atomic mass is 16.5. The van der Waals surface area contributed by atoms with Crippen molar-refractivity contribution in [1.29, 1.82) is 5.26 Å². The summed E-state index contributed by atoms with van der Waals surface area (Å²) in [6.07, 6.45) is 1.62. The van der Waals surface area contributed by atoms with E-state index in [1.165, 1.54) is 11.1 Å². The van der Waals surface area contributed by atoms with Gasteiger partial charge in [-0.1, -0.05) is 60.7 Å². The second-order valence-corrected chi connectivity index (χ2v) is 8.78. The molecule has 0 saturated carbocycles. The summed E-state index contributed by atoms with van der Waals surface area (Å²) in [6, 6.07) is 25.8. The maximum atomic E-state index is 13.1. The van der Waals surface area contributed by atoms with Crippen LogP contribution < -0.4 is 10.1 Å². The van der Waals surface area contributed by atoms with Crippen LogP contribution >= 0.6 is 0 Å². The van der Waals surface area contributed by atoms with Crippen molar-refractivity contribution in [3.05, 3.63) is 112 Å². The first-order valence-electron chi connectivity index (χ1n) is 11.6. The van der Waals surface area contributed by atoms with Crippen LogP contribution in [0.1, 0.15) is 33.4 Å². The molecule has 1 N–H and O–H groups in total. The third-order valence-electron chi connectivity index (χ3n) is 6.40. The van der Waals surface area contributed by atoms with E-state index in [9.17, 15) is 10.1 Å². The van der Waals surface area contributed by atoms with Gasteiger partial charge in [-0.2, -0.15) is 5.26 Å². The van der Waals surface area contributed by atoms with E-state index in [1.54, 1.807) is 6.08 Å². The first-order chi connectivity index (χ1) is 16.9. The molecule has 0 fully saturated rings. The van der Waals surface area contributed by atoms with E-state index < -0.39 is 5.91 Å². The monoisotopic (exact) mass is 460 g/mol. The van der Waals surface area contributed by atoms with Crippen LogP contribution in [0.5, 0.6) is 5.75 Å². The number of hydrogen-bond acceptors (Lipinski definition) is 3. The van der Waals surface area contributed by atoms with Crippen LogP contribution in [0.2, 0.25) is 0 Å². The van der Waals surface area contributed by atoms with E-state index in [1.807, 2.05) is 68.4 Å². The van der Waals surface area contributed by atoms with Crippen molar-refractivity contribution in [2.45, 2.75) is 34.3 Å². The van der Waals surface area contributed by atoms with E-state index in [2.05, 4.69) is 43.4 Å². The number of nitrogens with zero attached hydrogens (tertiary/aromatic N) is 1. The Hall–Kier alpha value is -4.36. The molecule has 0 aliphatic rings. The summed E-state index contributed by atoms with van der Waals surface area (Å²) in [5, 5.41) is 14.7. The molecular formula is C31H28N2O2. The summed E-state index contributed by atoms with van der Waals surface area (Å²) in [4.78, 5) is 13.1. The fourth-order valence-corrected chi connectivity index (χ4v) is 3.97. The number of nitriles is 1. The average Bonchev–Trinajstić information content (AvgIpc) is 2.86. The van der Waals surface area contributed by atoms with Gasteiger partial charge in [-0.15, -0.1) is 0 Å². The Balaban J connectivity index is 1.71. The number of rotatable bonds is 6. The number of nitrogens with one attached hydrogen (secondary N) is 1. The number of ether oxygens (including phenoxy) is 1. The Labute approximate surface area is 206 Å². The molecule has 0 saturated heterocycles. The van der Waals surface area contributed by atoms with Gasteiger partial charge in [0.15, 0.2) is 0 Å². The van der Waals surface area contributed by atoms with E-state index >= 15 is 0 Å². The summed E-state index contributed by atoms with van der Waals surface area (Å²) in [6.45, 7) is 8.48. The van der Waals surface area contributed by atoms with Gasteiger partial charge in [-0.05, 0) is 84.5 Å². The minimum absolute atomic E-state index is 0.0123. The predicted octanol–water partition coefficient (Wildman–Crippen LogP) is 7.20. The summed E-state index contributed by atoms with van der Waals surface area (Å²) in [5.74, 6) is 0.170. The number of amides is 1. The predicted molar refractivity (Wildman–Crippen MR) is 142 cm³/mol. The largest absolute Gasteiger partial charge is 0.488 e. The smallest absolute Gasteiger partial charge is 0.266 e. The molecule has 0 heterocycles. The number of aryl methyl sites for hydroxylation is 3. The van der Waals surface area contributed by atoms with Crippen molar-refractivity contribution in [1.82, 2.24) is 0 Å². The van der Waals surface area contributed by atoms with Crippen LogP contribution in [-0.2, 0) is 11.4 Å². The molecule has 1 amide bonds. The molecule has 4 heteroatoms. The number of carbonyl (C=O) groups excluding carboxylic acids is 1. The topological polar surface area (TPSA) is 62.1 Å². The van der Waals surface area contributed by atoms with Gasteiger partial charge in [0, 0.05) is 11.3 Å². The highest BCUT2D eigenvalue weighted by molar-refractivity contribution is 6.11. The summed E-state index contributed by atoms with van der Waals surface area (Å²) >= 11 is 0. The zero-order valence-corrected chi connectivity index (χ0v) is 20.5. The third-order valence-corrected chi connectivity index (χ3v) is 6.40. The molecule has 0 spiro atoms. The van der Waals surface area contributed by atoms with Crippen molar-refractivity contribution in [3.63, 3.8) is 0 Å². The highest BCUT2D eigenvalue weighted by Crippen LogP contribution is 2.31. The summed E-state index contributed by atoms with van der Waals surface area (Å²) in [5.41, 5.74) is 6.96. The Bertz CT molecular complexity index is 1490. The van der Waals surface area contributed by atoms with Crippen molar-refractivity contribution in [2.75, 3.05) is 5.32 Å². The number of fused-ring (bicyclic) bond motifs is 1. The Morgan fingerprint density at radius 1 is 0.914 bits per heavy atom. The van der Waals surface area contributed by atoms with Gasteiger partial charge < -0.3 is 10.1 Å². The highest BCUT2D eigenvalue weighted by Gasteiger charge is 2.15. The van der Waals surface area contributed by atoms with E-state index in [-0.39, 0.29) is 5.57 Å². The molecule has 35 heavy (non-hydrogen) atoms. The number of carbonyl (C=O) groups is 1. The first kappa shape index (κ1) is 23.8. The molecule has 0 radical (unpaired) electrons. The SMILES string of the molecule is Cc1ccc(COc2ccc3ccccc3c2/C=C(\C#N)C(=O)Nc2cccc(C)c2C)cc1C. The molecule has 0 aliphatic carbocycles. The van der Waals surface area contributed by atoms with Gasteiger partial charge in [-0.3, -0.25) is 4.79 Å². The Morgan fingerprint density at radius 3 is 2.49 bits per heavy atom. The fourth-order valence-electron chi connectivity index (χ4n) is 3.97.